The number of rotatable bonds is 2. The molecule has 2 aromatic rings. The van der Waals surface area contributed by atoms with E-state index < -0.39 is 6.04 Å². The van der Waals surface area contributed by atoms with Crippen LogP contribution < -0.4 is 0 Å². The number of aromatic nitrogens is 1. The van der Waals surface area contributed by atoms with Crippen LogP contribution in [0.5, 0.6) is 0 Å². The van der Waals surface area contributed by atoms with Gasteiger partial charge in [-0.05, 0) is 25.0 Å². The summed E-state index contributed by atoms with van der Waals surface area (Å²) in [6.07, 6.45) is 3.13. The summed E-state index contributed by atoms with van der Waals surface area (Å²) in [5.41, 5.74) is 1.20. The van der Waals surface area contributed by atoms with E-state index >= 15 is 0 Å². The van der Waals surface area contributed by atoms with E-state index in [2.05, 4.69) is 4.98 Å². The minimum atomic E-state index is -0.485. The average molecular weight is 284 g/mol. The normalized spacial score (nSPS) is 18.0. The van der Waals surface area contributed by atoms with Crippen molar-refractivity contribution in [1.29, 1.82) is 0 Å². The molecule has 2 heterocycles. The van der Waals surface area contributed by atoms with Crippen molar-refractivity contribution < 1.29 is 14.3 Å². The van der Waals surface area contributed by atoms with Crippen LogP contribution in [0.4, 0.5) is 0 Å². The Labute approximate surface area is 122 Å². The van der Waals surface area contributed by atoms with Gasteiger partial charge < -0.3 is 9.64 Å². The van der Waals surface area contributed by atoms with E-state index in [4.69, 9.17) is 4.74 Å². The van der Waals surface area contributed by atoms with Crippen LogP contribution in [-0.4, -0.2) is 41.5 Å². The molecule has 1 atom stereocenters. The fourth-order valence-corrected chi connectivity index (χ4v) is 2.82. The number of methoxy groups -OCH3 is 1. The Balaban J connectivity index is 1.99. The Kier molecular flexibility index (Phi) is 3.56. The van der Waals surface area contributed by atoms with Crippen LogP contribution in [0.1, 0.15) is 23.2 Å². The zero-order valence-corrected chi connectivity index (χ0v) is 11.8. The van der Waals surface area contributed by atoms with Crippen LogP contribution in [-0.2, 0) is 9.53 Å². The quantitative estimate of drug-likeness (QED) is 0.792. The van der Waals surface area contributed by atoms with E-state index in [0.29, 0.717) is 24.0 Å². The number of pyridine rings is 1. The zero-order valence-electron chi connectivity index (χ0n) is 11.8. The van der Waals surface area contributed by atoms with Gasteiger partial charge in [0.05, 0.1) is 18.2 Å². The lowest BCUT2D eigenvalue weighted by Crippen LogP contribution is -2.41. The van der Waals surface area contributed by atoms with E-state index in [0.717, 1.165) is 11.8 Å². The summed E-state index contributed by atoms with van der Waals surface area (Å²) in [7, 11) is 1.35. The molecule has 1 aliphatic heterocycles. The molecule has 108 valence electrons. The predicted molar refractivity (Wildman–Crippen MR) is 77.8 cm³/mol. The maximum atomic E-state index is 12.8. The minimum absolute atomic E-state index is 0.160. The summed E-state index contributed by atoms with van der Waals surface area (Å²) in [6.45, 7) is 0.571. The van der Waals surface area contributed by atoms with E-state index in [1.54, 1.807) is 17.2 Å². The van der Waals surface area contributed by atoms with Crippen molar-refractivity contribution in [2.24, 2.45) is 0 Å². The largest absolute Gasteiger partial charge is 0.467 e. The van der Waals surface area contributed by atoms with Gasteiger partial charge in [-0.1, -0.05) is 18.2 Å². The molecule has 0 N–H and O–H groups in total. The molecule has 0 bridgehead atoms. The molecule has 21 heavy (non-hydrogen) atoms. The predicted octanol–water partition coefficient (Wildman–Crippen LogP) is 2.01. The molecule has 3 rings (SSSR count). The van der Waals surface area contributed by atoms with Gasteiger partial charge in [0.1, 0.15) is 6.04 Å². The average Bonchev–Trinajstić information content (AvgIpc) is 3.02. The van der Waals surface area contributed by atoms with Crippen molar-refractivity contribution in [3.8, 4) is 0 Å². The molecular formula is C16H16N2O3. The van der Waals surface area contributed by atoms with Crippen LogP contribution in [0, 0.1) is 0 Å². The first-order chi connectivity index (χ1) is 10.2. The lowest BCUT2D eigenvalue weighted by molar-refractivity contribution is -0.145. The molecule has 0 radical (unpaired) electrons. The van der Waals surface area contributed by atoms with Gasteiger partial charge in [-0.3, -0.25) is 9.78 Å². The SMILES string of the molecule is COC(=O)C1CCCN1C(=O)c1cccc2cccnc12. The Hall–Kier alpha value is -2.43. The molecule has 1 aromatic heterocycles. The number of esters is 1. The molecule has 1 fully saturated rings. The van der Waals surface area contributed by atoms with Crippen molar-refractivity contribution in [2.45, 2.75) is 18.9 Å². The first-order valence-corrected chi connectivity index (χ1v) is 6.95. The molecule has 1 aromatic carbocycles. The molecule has 1 unspecified atom stereocenters. The third-order valence-corrected chi connectivity index (χ3v) is 3.85. The maximum absolute atomic E-state index is 12.8. The van der Waals surface area contributed by atoms with E-state index in [-0.39, 0.29) is 11.9 Å². The van der Waals surface area contributed by atoms with Gasteiger partial charge in [0.2, 0.25) is 0 Å². The number of benzene rings is 1. The fraction of sp³-hybridized carbons (Fsp3) is 0.312. The first-order valence-electron chi connectivity index (χ1n) is 6.95. The second kappa shape index (κ2) is 5.52. The highest BCUT2D eigenvalue weighted by Gasteiger charge is 2.35. The lowest BCUT2D eigenvalue weighted by Gasteiger charge is -2.23. The zero-order chi connectivity index (χ0) is 14.8. The van der Waals surface area contributed by atoms with Gasteiger partial charge in [-0.2, -0.15) is 0 Å². The second-order valence-corrected chi connectivity index (χ2v) is 5.06. The Morgan fingerprint density at radius 1 is 1.29 bits per heavy atom. The van der Waals surface area contributed by atoms with Crippen LogP contribution >= 0.6 is 0 Å². The summed E-state index contributed by atoms with van der Waals surface area (Å²) in [5.74, 6) is -0.513. The van der Waals surface area contributed by atoms with Gasteiger partial charge in [0, 0.05) is 18.1 Å². The first kappa shape index (κ1) is 13.5. The van der Waals surface area contributed by atoms with Crippen LogP contribution in [0.3, 0.4) is 0 Å². The van der Waals surface area contributed by atoms with Gasteiger partial charge in [-0.15, -0.1) is 0 Å². The molecule has 0 spiro atoms. The number of nitrogens with zero attached hydrogens (tertiary/aromatic N) is 2. The molecule has 0 saturated carbocycles. The van der Waals surface area contributed by atoms with Gasteiger partial charge in [0.25, 0.3) is 5.91 Å². The summed E-state index contributed by atoms with van der Waals surface area (Å²) in [5, 5.41) is 0.914. The molecule has 1 aliphatic rings. The van der Waals surface area contributed by atoms with Gasteiger partial charge in [0.15, 0.2) is 0 Å². The molecule has 1 saturated heterocycles. The maximum Gasteiger partial charge on any atom is 0.328 e. The summed E-state index contributed by atoms with van der Waals surface area (Å²) < 4.78 is 4.79. The number of fused-ring (bicyclic) bond motifs is 1. The number of hydrogen-bond donors (Lipinski definition) is 0. The number of amides is 1. The van der Waals surface area contributed by atoms with Crippen molar-refractivity contribution >= 4 is 22.8 Å². The molecule has 1 amide bonds. The minimum Gasteiger partial charge on any atom is -0.467 e. The summed E-state index contributed by atoms with van der Waals surface area (Å²) in [6, 6.07) is 8.78. The molecule has 5 nitrogen and oxygen atoms in total. The summed E-state index contributed by atoms with van der Waals surface area (Å²) >= 11 is 0. The number of para-hydroxylation sites is 1. The van der Waals surface area contributed by atoms with E-state index in [1.807, 2.05) is 24.3 Å². The lowest BCUT2D eigenvalue weighted by atomic mass is 10.1. The van der Waals surface area contributed by atoms with Crippen molar-refractivity contribution in [3.05, 3.63) is 42.1 Å². The molecular weight excluding hydrogens is 268 g/mol. The van der Waals surface area contributed by atoms with E-state index in [1.165, 1.54) is 7.11 Å². The monoisotopic (exact) mass is 284 g/mol. The van der Waals surface area contributed by atoms with Crippen LogP contribution in [0.25, 0.3) is 10.9 Å². The third kappa shape index (κ3) is 2.35. The Morgan fingerprint density at radius 3 is 2.90 bits per heavy atom. The standard InChI is InChI=1S/C16H16N2O3/c1-21-16(20)13-8-4-10-18(13)15(19)12-7-2-5-11-6-3-9-17-14(11)12/h2-3,5-7,9,13H,4,8,10H2,1H3. The number of carbonyl (C=O) groups is 2. The molecule has 5 heteroatoms. The highest BCUT2D eigenvalue weighted by Crippen LogP contribution is 2.24. The van der Waals surface area contributed by atoms with Crippen molar-refractivity contribution in [1.82, 2.24) is 9.88 Å². The van der Waals surface area contributed by atoms with E-state index in [9.17, 15) is 9.59 Å². The fourth-order valence-electron chi connectivity index (χ4n) is 2.82. The van der Waals surface area contributed by atoms with Crippen LogP contribution in [0.15, 0.2) is 36.5 Å². The van der Waals surface area contributed by atoms with Crippen LogP contribution in [0.2, 0.25) is 0 Å². The number of likely N-dealkylation sites (tertiary alicyclic amines) is 1. The van der Waals surface area contributed by atoms with Gasteiger partial charge >= 0.3 is 5.97 Å². The van der Waals surface area contributed by atoms with Crippen molar-refractivity contribution in [2.75, 3.05) is 13.7 Å². The molecule has 0 aliphatic carbocycles. The number of carbonyl (C=O) groups excluding carboxylic acids is 2. The Bertz CT molecular complexity index is 693. The number of hydrogen-bond acceptors (Lipinski definition) is 4. The Morgan fingerprint density at radius 2 is 2.10 bits per heavy atom. The highest BCUT2D eigenvalue weighted by molar-refractivity contribution is 6.06. The topological polar surface area (TPSA) is 59.5 Å². The smallest absolute Gasteiger partial charge is 0.328 e. The summed E-state index contributed by atoms with van der Waals surface area (Å²) in [4.78, 5) is 30.5. The third-order valence-electron chi connectivity index (χ3n) is 3.85. The van der Waals surface area contributed by atoms with Crippen molar-refractivity contribution in [3.63, 3.8) is 0 Å². The second-order valence-electron chi connectivity index (χ2n) is 5.06. The number of ether oxygens (including phenoxy) is 1. The highest BCUT2D eigenvalue weighted by atomic mass is 16.5. The van der Waals surface area contributed by atoms with Gasteiger partial charge in [-0.25, -0.2) is 4.79 Å².